The Hall–Kier alpha value is -0.910. The van der Waals surface area contributed by atoms with Gasteiger partial charge in [-0.25, -0.2) is 4.98 Å². The fraction of sp³-hybridized carbons (Fsp3) is 0.812. The lowest BCUT2D eigenvalue weighted by Crippen LogP contribution is -2.50. The molecule has 0 spiro atoms. The van der Waals surface area contributed by atoms with Gasteiger partial charge in [0.25, 0.3) is 0 Å². The molecule has 0 saturated carbocycles. The molecule has 5 nitrogen and oxygen atoms in total. The summed E-state index contributed by atoms with van der Waals surface area (Å²) in [6, 6.07) is 2.10. The van der Waals surface area contributed by atoms with E-state index in [1.807, 2.05) is 12.5 Å². The summed E-state index contributed by atoms with van der Waals surface area (Å²) in [5, 5.41) is 3.43. The molecule has 0 radical (unpaired) electrons. The maximum Gasteiger partial charge on any atom is 0.111 e. The number of rotatable bonds is 2. The van der Waals surface area contributed by atoms with Crippen molar-refractivity contribution in [2.75, 3.05) is 26.7 Å². The first-order valence-electron chi connectivity index (χ1n) is 8.39. The van der Waals surface area contributed by atoms with Crippen molar-refractivity contribution in [2.24, 2.45) is 0 Å². The van der Waals surface area contributed by atoms with Gasteiger partial charge in [-0.1, -0.05) is 6.42 Å². The third-order valence-corrected chi connectivity index (χ3v) is 5.66. The second kappa shape index (κ2) is 5.71. The largest absolute Gasteiger partial charge is 0.369 e. The topological polar surface area (TPSA) is 42.3 Å². The van der Waals surface area contributed by atoms with Gasteiger partial charge in [-0.3, -0.25) is 0 Å². The maximum atomic E-state index is 5.94. The first-order valence-corrected chi connectivity index (χ1v) is 8.39. The van der Waals surface area contributed by atoms with Crippen LogP contribution in [0, 0.1) is 0 Å². The molecular weight excluding hydrogens is 264 g/mol. The molecule has 3 saturated heterocycles. The second-order valence-electron chi connectivity index (χ2n) is 6.82. The Morgan fingerprint density at radius 3 is 2.76 bits per heavy atom. The van der Waals surface area contributed by atoms with E-state index in [9.17, 15) is 0 Å². The number of hydrogen-bond donors (Lipinski definition) is 1. The highest BCUT2D eigenvalue weighted by Gasteiger charge is 2.37. The predicted octanol–water partition coefficient (Wildman–Crippen LogP) is 1.73. The van der Waals surface area contributed by atoms with Crippen LogP contribution in [0.2, 0.25) is 0 Å². The van der Waals surface area contributed by atoms with E-state index in [2.05, 4.69) is 26.8 Å². The summed E-state index contributed by atoms with van der Waals surface area (Å²) in [7, 11) is 2.31. The number of imidazole rings is 1. The molecule has 1 N–H and O–H groups in total. The molecule has 0 aliphatic carbocycles. The molecular formula is C16H26N4O. The molecule has 2 bridgehead atoms. The fourth-order valence-electron chi connectivity index (χ4n) is 4.44. The van der Waals surface area contributed by atoms with E-state index < -0.39 is 0 Å². The van der Waals surface area contributed by atoms with Crippen LogP contribution in [0.25, 0.3) is 0 Å². The Bertz CT molecular complexity index is 468. The molecule has 0 amide bonds. The molecule has 3 unspecified atom stereocenters. The number of fused-ring (bicyclic) bond motifs is 2. The quantitative estimate of drug-likeness (QED) is 0.901. The molecule has 0 aromatic carbocycles. The van der Waals surface area contributed by atoms with Crippen molar-refractivity contribution in [3.8, 4) is 0 Å². The van der Waals surface area contributed by atoms with Crippen molar-refractivity contribution < 1.29 is 4.74 Å². The molecule has 3 aliphatic rings. The van der Waals surface area contributed by atoms with Crippen molar-refractivity contribution in [3.63, 3.8) is 0 Å². The van der Waals surface area contributed by atoms with Gasteiger partial charge in [0.2, 0.25) is 0 Å². The van der Waals surface area contributed by atoms with E-state index in [1.54, 1.807) is 0 Å². The van der Waals surface area contributed by atoms with Gasteiger partial charge < -0.3 is 19.5 Å². The van der Waals surface area contributed by atoms with Crippen molar-refractivity contribution >= 4 is 0 Å². The van der Waals surface area contributed by atoms with Gasteiger partial charge in [0.1, 0.15) is 6.10 Å². The van der Waals surface area contributed by atoms with E-state index in [-0.39, 0.29) is 6.10 Å². The Morgan fingerprint density at radius 2 is 2.05 bits per heavy atom. The Labute approximate surface area is 126 Å². The minimum Gasteiger partial charge on any atom is -0.369 e. The van der Waals surface area contributed by atoms with Gasteiger partial charge in [0.05, 0.1) is 24.8 Å². The van der Waals surface area contributed by atoms with Gasteiger partial charge in [0.15, 0.2) is 0 Å². The average Bonchev–Trinajstić information content (AvgIpc) is 2.97. The van der Waals surface area contributed by atoms with Gasteiger partial charge in [0, 0.05) is 31.2 Å². The van der Waals surface area contributed by atoms with Gasteiger partial charge >= 0.3 is 0 Å². The summed E-state index contributed by atoms with van der Waals surface area (Å²) in [4.78, 5) is 7.05. The smallest absolute Gasteiger partial charge is 0.111 e. The zero-order valence-corrected chi connectivity index (χ0v) is 12.9. The normalized spacial score (nSPS) is 37.6. The summed E-state index contributed by atoms with van der Waals surface area (Å²) < 4.78 is 8.35. The van der Waals surface area contributed by atoms with Crippen LogP contribution >= 0.6 is 0 Å². The third kappa shape index (κ3) is 2.51. The molecule has 3 aliphatic heterocycles. The number of ether oxygens (including phenoxy) is 1. The predicted molar refractivity (Wildman–Crippen MR) is 81.3 cm³/mol. The van der Waals surface area contributed by atoms with Crippen LogP contribution in [0.4, 0.5) is 0 Å². The van der Waals surface area contributed by atoms with E-state index in [0.29, 0.717) is 6.04 Å². The molecule has 116 valence electrons. The van der Waals surface area contributed by atoms with Crippen LogP contribution in [0.3, 0.4) is 0 Å². The SMILES string of the molecule is CN1C2CCCC1CC(n1cncc1C1CNCCO1)C2. The van der Waals surface area contributed by atoms with E-state index in [1.165, 1.54) is 37.8 Å². The summed E-state index contributed by atoms with van der Waals surface area (Å²) >= 11 is 0. The minimum atomic E-state index is 0.167. The Morgan fingerprint density at radius 1 is 1.24 bits per heavy atom. The lowest BCUT2D eigenvalue weighted by Gasteiger charge is -2.47. The number of aromatic nitrogens is 2. The minimum absolute atomic E-state index is 0.167. The van der Waals surface area contributed by atoms with Crippen LogP contribution < -0.4 is 5.32 Å². The molecule has 5 heteroatoms. The summed E-state index contributed by atoms with van der Waals surface area (Å²) in [5.41, 5.74) is 1.26. The summed E-state index contributed by atoms with van der Waals surface area (Å²) in [5.74, 6) is 0. The number of morpholine rings is 1. The Kier molecular flexibility index (Phi) is 3.73. The van der Waals surface area contributed by atoms with Crippen LogP contribution in [0.15, 0.2) is 12.5 Å². The molecule has 4 rings (SSSR count). The summed E-state index contributed by atoms with van der Waals surface area (Å²) in [6.07, 6.45) is 10.8. The van der Waals surface area contributed by atoms with Crippen LogP contribution in [0.5, 0.6) is 0 Å². The molecule has 3 atom stereocenters. The summed E-state index contributed by atoms with van der Waals surface area (Å²) in [6.45, 7) is 2.67. The highest BCUT2D eigenvalue weighted by molar-refractivity contribution is 5.08. The maximum absolute atomic E-state index is 5.94. The highest BCUT2D eigenvalue weighted by atomic mass is 16.5. The number of nitrogens with zero attached hydrogens (tertiary/aromatic N) is 3. The fourth-order valence-corrected chi connectivity index (χ4v) is 4.44. The molecule has 4 heterocycles. The van der Waals surface area contributed by atoms with Crippen LogP contribution in [0.1, 0.15) is 49.9 Å². The van der Waals surface area contributed by atoms with Gasteiger partial charge in [-0.15, -0.1) is 0 Å². The van der Waals surface area contributed by atoms with E-state index in [0.717, 1.165) is 31.8 Å². The van der Waals surface area contributed by atoms with Crippen LogP contribution in [-0.4, -0.2) is 53.3 Å². The third-order valence-electron chi connectivity index (χ3n) is 5.66. The lowest BCUT2D eigenvalue weighted by atomic mass is 9.82. The zero-order chi connectivity index (χ0) is 14.2. The number of hydrogen-bond acceptors (Lipinski definition) is 4. The zero-order valence-electron chi connectivity index (χ0n) is 12.9. The lowest BCUT2D eigenvalue weighted by molar-refractivity contribution is 0.0134. The first kappa shape index (κ1) is 13.7. The molecule has 3 fully saturated rings. The average molecular weight is 290 g/mol. The highest BCUT2D eigenvalue weighted by Crippen LogP contribution is 2.39. The number of piperidine rings is 2. The van der Waals surface area contributed by atoms with Gasteiger partial charge in [-0.05, 0) is 32.7 Å². The Balaban J connectivity index is 1.55. The van der Waals surface area contributed by atoms with Crippen molar-refractivity contribution in [1.82, 2.24) is 19.8 Å². The van der Waals surface area contributed by atoms with Crippen molar-refractivity contribution in [1.29, 1.82) is 0 Å². The molecule has 21 heavy (non-hydrogen) atoms. The van der Waals surface area contributed by atoms with Crippen molar-refractivity contribution in [2.45, 2.75) is 56.3 Å². The molecule has 1 aromatic heterocycles. The number of nitrogens with one attached hydrogen (secondary N) is 1. The van der Waals surface area contributed by atoms with Crippen molar-refractivity contribution in [3.05, 3.63) is 18.2 Å². The van der Waals surface area contributed by atoms with E-state index >= 15 is 0 Å². The van der Waals surface area contributed by atoms with Crippen LogP contribution in [-0.2, 0) is 4.74 Å². The van der Waals surface area contributed by atoms with E-state index in [4.69, 9.17) is 4.74 Å². The monoisotopic (exact) mass is 290 g/mol. The second-order valence-corrected chi connectivity index (χ2v) is 6.82. The molecule has 1 aromatic rings. The van der Waals surface area contributed by atoms with Gasteiger partial charge in [-0.2, -0.15) is 0 Å². The first-order chi connectivity index (χ1) is 10.3. The standard InChI is InChI=1S/C16H26N4O/c1-19-12-3-2-4-13(19)8-14(7-12)20-11-18-9-15(20)16-10-17-5-6-21-16/h9,11-14,16-17H,2-8,10H2,1H3.